The van der Waals surface area contributed by atoms with Crippen LogP contribution in [0.1, 0.15) is 6.23 Å². The topological polar surface area (TPSA) is 277 Å². The van der Waals surface area contributed by atoms with Crippen molar-refractivity contribution in [2.45, 2.75) is 24.5 Å². The van der Waals surface area contributed by atoms with Crippen molar-refractivity contribution in [1.29, 1.82) is 0 Å². The fourth-order valence-electron chi connectivity index (χ4n) is 3.24. The van der Waals surface area contributed by atoms with Crippen LogP contribution >= 0.6 is 23.5 Å². The molecule has 0 aromatic carbocycles. The maximum atomic E-state index is 12.0. The van der Waals surface area contributed by atoms with Crippen molar-refractivity contribution < 1.29 is 60.6 Å². The second-order valence-corrected chi connectivity index (χ2v) is 11.0. The molecular weight excluding hydrogens is 519 g/mol. The Morgan fingerprint density at radius 1 is 1.15 bits per heavy atom. The average Bonchev–Trinajstić information content (AvgIpc) is 3.31. The van der Waals surface area contributed by atoms with E-state index in [1.54, 1.807) is 0 Å². The van der Waals surface area contributed by atoms with Gasteiger partial charge in [0, 0.05) is 0 Å². The van der Waals surface area contributed by atoms with Gasteiger partial charge in [-0.1, -0.05) is 0 Å². The number of hydrogen-bond acceptors (Lipinski definition) is 13. The number of aromatic amines is 1. The zero-order valence-electron chi connectivity index (χ0n) is 15.9. The summed E-state index contributed by atoms with van der Waals surface area (Å²) in [6.45, 7) is -0.933. The first-order valence-electron chi connectivity index (χ1n) is 8.64. The van der Waals surface area contributed by atoms with Crippen LogP contribution in [0.2, 0.25) is 0 Å². The molecule has 0 aliphatic carbocycles. The van der Waals surface area contributed by atoms with E-state index in [9.17, 15) is 28.3 Å². The molecular formula is C11H16N5O14P3. The maximum absolute atomic E-state index is 12.0. The molecule has 0 amide bonds. The Kier molecular flexibility index (Phi) is 6.39. The van der Waals surface area contributed by atoms with Crippen molar-refractivity contribution in [3.05, 3.63) is 16.7 Å². The third kappa shape index (κ3) is 5.41. The molecule has 3 unspecified atom stereocenters. The van der Waals surface area contributed by atoms with Gasteiger partial charge in [0.2, 0.25) is 5.95 Å². The van der Waals surface area contributed by atoms with Gasteiger partial charge in [-0.25, -0.2) is 18.7 Å². The molecule has 33 heavy (non-hydrogen) atoms. The van der Waals surface area contributed by atoms with Crippen molar-refractivity contribution in [2.75, 3.05) is 19.1 Å². The standard InChI is InChI=1S/C11H16N5O14P3/c12-11-14-8-5(9(17)15-11)13-2-16(8)10-7-6(25-3-26-7)4(28-10)1-27-32(21,22)30-33(23,24)29-31(18,19)20/h2,4,6-7,10H,1,3H2,(H,21,22)(H,23,24)(H2,18,19,20)(H3,12,14,15,17)/t4-,6?,7+,10-/m1/s1. The number of hydrogen-bond donors (Lipinski definition) is 6. The number of ether oxygens (including phenoxy) is 3. The van der Waals surface area contributed by atoms with E-state index in [2.05, 4.69) is 28.1 Å². The smallest absolute Gasteiger partial charge is 0.369 e. The SMILES string of the molecule is Nc1nc2c(ncn2[C@@H]2O[C@H](COP(=O)(O)OP(=O)(O)OP(=O)(O)O)C3OCO[C@@H]32)c(=O)[nH]1. The van der Waals surface area contributed by atoms with E-state index in [1.807, 2.05) is 0 Å². The molecule has 0 spiro atoms. The van der Waals surface area contributed by atoms with Crippen LogP contribution in [0.25, 0.3) is 11.2 Å². The molecule has 4 rings (SSSR count). The number of anilines is 1. The van der Waals surface area contributed by atoms with Crippen LogP contribution in [0.3, 0.4) is 0 Å². The first-order chi connectivity index (χ1) is 15.2. The fraction of sp³-hybridized carbons (Fsp3) is 0.545. The number of rotatable bonds is 8. The molecule has 7 N–H and O–H groups in total. The van der Waals surface area contributed by atoms with Crippen molar-refractivity contribution in [1.82, 2.24) is 19.5 Å². The number of nitrogen functional groups attached to an aromatic ring is 1. The summed E-state index contributed by atoms with van der Waals surface area (Å²) in [5, 5.41) is 0. The second-order valence-electron chi connectivity index (χ2n) is 6.61. The molecule has 0 radical (unpaired) electrons. The lowest BCUT2D eigenvalue weighted by molar-refractivity contribution is -0.107. The summed E-state index contributed by atoms with van der Waals surface area (Å²) in [4.78, 5) is 58.2. The van der Waals surface area contributed by atoms with Gasteiger partial charge in [0.05, 0.1) is 12.9 Å². The molecule has 6 atom stereocenters. The van der Waals surface area contributed by atoms with Gasteiger partial charge in [0.1, 0.15) is 25.1 Å². The van der Waals surface area contributed by atoms with Gasteiger partial charge < -0.3 is 39.5 Å². The third-order valence-electron chi connectivity index (χ3n) is 4.35. The summed E-state index contributed by atoms with van der Waals surface area (Å²) in [6, 6.07) is 0. The average molecular weight is 535 g/mol. The van der Waals surface area contributed by atoms with Crippen LogP contribution in [0.4, 0.5) is 5.95 Å². The minimum atomic E-state index is -5.67. The number of fused-ring (bicyclic) bond motifs is 2. The van der Waals surface area contributed by atoms with Gasteiger partial charge >= 0.3 is 23.5 Å². The summed E-state index contributed by atoms with van der Waals surface area (Å²) in [5.74, 6) is -0.184. The number of phosphoric acid groups is 3. The van der Waals surface area contributed by atoms with E-state index in [1.165, 1.54) is 10.9 Å². The summed E-state index contributed by atoms with van der Waals surface area (Å²) in [5.41, 5.74) is 4.99. The van der Waals surface area contributed by atoms with Gasteiger partial charge in [-0.05, 0) is 0 Å². The quantitative estimate of drug-likeness (QED) is 0.214. The molecule has 2 saturated heterocycles. The lowest BCUT2D eigenvalue weighted by Crippen LogP contribution is -2.31. The molecule has 0 saturated carbocycles. The minimum Gasteiger partial charge on any atom is -0.369 e. The lowest BCUT2D eigenvalue weighted by Gasteiger charge is -2.20. The Morgan fingerprint density at radius 3 is 2.55 bits per heavy atom. The zero-order chi connectivity index (χ0) is 24.2. The van der Waals surface area contributed by atoms with Crippen LogP contribution in [-0.4, -0.2) is 70.8 Å². The molecule has 2 aromatic heterocycles. The van der Waals surface area contributed by atoms with Crippen LogP contribution < -0.4 is 11.3 Å². The predicted molar refractivity (Wildman–Crippen MR) is 101 cm³/mol. The van der Waals surface area contributed by atoms with Crippen LogP contribution in [-0.2, 0) is 41.1 Å². The van der Waals surface area contributed by atoms with Gasteiger partial charge in [-0.3, -0.25) is 18.9 Å². The maximum Gasteiger partial charge on any atom is 0.490 e. The van der Waals surface area contributed by atoms with E-state index in [-0.39, 0.29) is 23.9 Å². The molecule has 22 heteroatoms. The van der Waals surface area contributed by atoms with E-state index in [0.29, 0.717) is 0 Å². The number of phosphoric ester groups is 1. The van der Waals surface area contributed by atoms with Gasteiger partial charge in [0.15, 0.2) is 17.4 Å². The highest BCUT2D eigenvalue weighted by molar-refractivity contribution is 7.66. The van der Waals surface area contributed by atoms with Gasteiger partial charge in [0.25, 0.3) is 5.56 Å². The molecule has 2 aromatic rings. The molecule has 2 fully saturated rings. The van der Waals surface area contributed by atoms with Crippen molar-refractivity contribution in [2.24, 2.45) is 0 Å². The minimum absolute atomic E-state index is 0.0417. The molecule has 19 nitrogen and oxygen atoms in total. The van der Waals surface area contributed by atoms with Crippen LogP contribution in [0.15, 0.2) is 11.1 Å². The monoisotopic (exact) mass is 535 g/mol. The number of H-pyrrole nitrogens is 1. The first kappa shape index (κ1) is 24.6. The Bertz CT molecular complexity index is 1260. The summed E-state index contributed by atoms with van der Waals surface area (Å²) >= 11 is 0. The van der Waals surface area contributed by atoms with E-state index in [0.717, 1.165) is 0 Å². The third-order valence-corrected chi connectivity index (χ3v) is 8.15. The molecule has 4 heterocycles. The predicted octanol–water partition coefficient (Wildman–Crippen LogP) is -1.32. The van der Waals surface area contributed by atoms with Crippen LogP contribution in [0.5, 0.6) is 0 Å². The number of aromatic nitrogens is 4. The van der Waals surface area contributed by atoms with E-state index >= 15 is 0 Å². The van der Waals surface area contributed by atoms with Gasteiger partial charge in [-0.2, -0.15) is 13.6 Å². The summed E-state index contributed by atoms with van der Waals surface area (Å²) in [7, 11) is -16.6. The summed E-state index contributed by atoms with van der Waals surface area (Å²) in [6.07, 6.45) is -2.53. The van der Waals surface area contributed by atoms with E-state index < -0.39 is 60.2 Å². The number of nitrogens with one attached hydrogen (secondary N) is 1. The molecule has 2 aliphatic rings. The Balaban J connectivity index is 1.50. The second kappa shape index (κ2) is 8.58. The first-order valence-corrected chi connectivity index (χ1v) is 13.2. The fourth-order valence-corrected chi connectivity index (χ4v) is 6.27. The number of nitrogens with two attached hydrogens (primary N) is 1. The molecule has 0 bridgehead atoms. The largest absolute Gasteiger partial charge is 0.490 e. The highest BCUT2D eigenvalue weighted by atomic mass is 31.3. The van der Waals surface area contributed by atoms with Crippen molar-refractivity contribution in [3.63, 3.8) is 0 Å². The highest BCUT2D eigenvalue weighted by Gasteiger charge is 2.52. The van der Waals surface area contributed by atoms with Crippen LogP contribution in [0, 0.1) is 0 Å². The molecule has 184 valence electrons. The highest BCUT2D eigenvalue weighted by Crippen LogP contribution is 2.66. The Hall–Kier alpha value is -1.56. The number of imidazole rings is 1. The molecule has 2 aliphatic heterocycles. The Morgan fingerprint density at radius 2 is 1.85 bits per heavy atom. The lowest BCUT2D eigenvalue weighted by atomic mass is 10.1. The van der Waals surface area contributed by atoms with Gasteiger partial charge in [-0.15, -0.1) is 0 Å². The Labute approximate surface area is 181 Å². The normalized spacial score (nSPS) is 29.1. The van der Waals surface area contributed by atoms with Crippen molar-refractivity contribution in [3.8, 4) is 0 Å². The van der Waals surface area contributed by atoms with Crippen molar-refractivity contribution >= 4 is 40.6 Å². The zero-order valence-corrected chi connectivity index (χ0v) is 18.6. The summed E-state index contributed by atoms with van der Waals surface area (Å²) < 4.78 is 63.9. The van der Waals surface area contributed by atoms with E-state index in [4.69, 9.17) is 29.7 Å². The number of nitrogens with zero attached hydrogens (tertiary/aromatic N) is 3.